The highest BCUT2D eigenvalue weighted by molar-refractivity contribution is 7.89. The molecule has 37 heavy (non-hydrogen) atoms. The lowest BCUT2D eigenvalue weighted by atomic mass is 9.76. The van der Waals surface area contributed by atoms with Crippen molar-refractivity contribution in [2.45, 2.75) is 51.5 Å². The maximum absolute atomic E-state index is 13.0. The number of pyridine rings is 1. The zero-order valence-corrected chi connectivity index (χ0v) is 22.7. The van der Waals surface area contributed by atoms with Gasteiger partial charge in [0.2, 0.25) is 10.0 Å². The van der Waals surface area contributed by atoms with Gasteiger partial charge in [-0.2, -0.15) is 0 Å². The summed E-state index contributed by atoms with van der Waals surface area (Å²) in [5, 5.41) is 0. The van der Waals surface area contributed by atoms with Gasteiger partial charge in [0.15, 0.2) is 0 Å². The van der Waals surface area contributed by atoms with Crippen molar-refractivity contribution in [2.75, 3.05) is 37.4 Å². The van der Waals surface area contributed by atoms with Crippen LogP contribution in [0.1, 0.15) is 44.0 Å². The Morgan fingerprint density at radius 2 is 1.97 bits per heavy atom. The van der Waals surface area contributed by atoms with Gasteiger partial charge in [-0.1, -0.05) is 26.8 Å². The Morgan fingerprint density at radius 1 is 1.16 bits per heavy atom. The molecule has 2 N–H and O–H groups in total. The van der Waals surface area contributed by atoms with Gasteiger partial charge in [-0.05, 0) is 48.4 Å². The van der Waals surface area contributed by atoms with E-state index < -0.39 is 10.0 Å². The van der Waals surface area contributed by atoms with Crippen LogP contribution >= 0.6 is 0 Å². The molecule has 0 unspecified atom stereocenters. The van der Waals surface area contributed by atoms with Crippen LogP contribution in [0, 0.1) is 5.41 Å². The largest absolute Gasteiger partial charge is 0.491 e. The number of aryl methyl sites for hydroxylation is 1. The van der Waals surface area contributed by atoms with Crippen molar-refractivity contribution in [3.8, 4) is 16.9 Å². The van der Waals surface area contributed by atoms with Crippen molar-refractivity contribution >= 4 is 21.7 Å². The predicted octanol–water partition coefficient (Wildman–Crippen LogP) is 3.68. The maximum Gasteiger partial charge on any atom is 0.246 e. The fraction of sp³-hybridized carbons (Fsp3) is 0.444. The van der Waals surface area contributed by atoms with E-state index in [2.05, 4.69) is 28.7 Å². The van der Waals surface area contributed by atoms with Gasteiger partial charge in [-0.25, -0.2) is 27.7 Å². The van der Waals surface area contributed by atoms with Gasteiger partial charge in [0.05, 0.1) is 6.54 Å². The smallest absolute Gasteiger partial charge is 0.246 e. The third-order valence-electron chi connectivity index (χ3n) is 7.39. The van der Waals surface area contributed by atoms with Crippen LogP contribution < -0.4 is 15.4 Å². The molecule has 1 aliphatic heterocycles. The molecule has 2 aliphatic rings. The summed E-state index contributed by atoms with van der Waals surface area (Å²) in [5.41, 5.74) is 11.1. The molecule has 0 spiro atoms. The molecule has 9 nitrogen and oxygen atoms in total. The summed E-state index contributed by atoms with van der Waals surface area (Å²) < 4.78 is 33.3. The SMILES string of the molecule is CCN(C)S(=O)(=O)c1cc(-c2ccc3c(c2)CN(c2ncnc4c2CC(C)(C)CC4)CCO3)cnc1N. The van der Waals surface area contributed by atoms with E-state index in [4.69, 9.17) is 15.5 Å². The zero-order valence-electron chi connectivity index (χ0n) is 21.9. The Balaban J connectivity index is 1.51. The van der Waals surface area contributed by atoms with Gasteiger partial charge in [-0.15, -0.1) is 0 Å². The van der Waals surface area contributed by atoms with Crippen LogP contribution in [-0.4, -0.2) is 54.4 Å². The molecule has 0 amide bonds. The van der Waals surface area contributed by atoms with E-state index in [1.165, 1.54) is 16.9 Å². The topological polar surface area (TPSA) is 115 Å². The number of fused-ring (bicyclic) bond motifs is 2. The summed E-state index contributed by atoms with van der Waals surface area (Å²) in [6.45, 7) is 8.59. The normalized spacial score (nSPS) is 17.1. The van der Waals surface area contributed by atoms with Crippen molar-refractivity contribution in [3.05, 3.63) is 53.6 Å². The molecule has 0 atom stereocenters. The first-order chi connectivity index (χ1) is 17.6. The molecule has 0 radical (unpaired) electrons. The number of sulfonamides is 1. The summed E-state index contributed by atoms with van der Waals surface area (Å²) in [5.74, 6) is 1.78. The molecule has 10 heteroatoms. The summed E-state index contributed by atoms with van der Waals surface area (Å²) in [7, 11) is -2.21. The summed E-state index contributed by atoms with van der Waals surface area (Å²) in [6.07, 6.45) is 6.31. The average Bonchev–Trinajstić information content (AvgIpc) is 3.09. The zero-order chi connectivity index (χ0) is 26.4. The van der Waals surface area contributed by atoms with Gasteiger partial charge in [0, 0.05) is 48.7 Å². The molecule has 1 aliphatic carbocycles. The first-order valence-corrected chi connectivity index (χ1v) is 14.1. The second kappa shape index (κ2) is 9.57. The van der Waals surface area contributed by atoms with Gasteiger partial charge in [0.25, 0.3) is 0 Å². The van der Waals surface area contributed by atoms with E-state index in [0.717, 1.165) is 47.7 Å². The molecule has 196 valence electrons. The van der Waals surface area contributed by atoms with E-state index in [1.807, 2.05) is 18.2 Å². The van der Waals surface area contributed by atoms with Crippen LogP contribution in [-0.2, 0) is 29.4 Å². The Kier molecular flexibility index (Phi) is 6.57. The van der Waals surface area contributed by atoms with Crippen LogP contribution in [0.15, 0.2) is 41.7 Å². The van der Waals surface area contributed by atoms with E-state index in [-0.39, 0.29) is 16.1 Å². The van der Waals surface area contributed by atoms with Gasteiger partial charge >= 0.3 is 0 Å². The molecule has 0 saturated carbocycles. The number of nitrogens with two attached hydrogens (primary N) is 1. The quantitative estimate of drug-likeness (QED) is 0.540. The number of hydrogen-bond donors (Lipinski definition) is 1. The summed E-state index contributed by atoms with van der Waals surface area (Å²) >= 11 is 0. The number of anilines is 2. The van der Waals surface area contributed by atoms with Crippen LogP contribution in [0.4, 0.5) is 11.6 Å². The Bertz CT molecular complexity index is 1440. The van der Waals surface area contributed by atoms with Crippen LogP contribution in [0.3, 0.4) is 0 Å². The number of benzene rings is 1. The predicted molar refractivity (Wildman–Crippen MR) is 144 cm³/mol. The monoisotopic (exact) mass is 522 g/mol. The van der Waals surface area contributed by atoms with Crippen molar-refractivity contribution in [1.82, 2.24) is 19.3 Å². The number of hydrogen-bond acceptors (Lipinski definition) is 8. The molecule has 2 aromatic heterocycles. The standard InChI is InChI=1S/C27H34N6O3S/c1-5-32(4)37(34,35)24-13-19(15-29-25(24)28)18-6-7-23-20(12-18)16-33(10-11-36-23)26-21-14-27(2,3)9-8-22(21)30-17-31-26/h6-7,12-13,15,17H,5,8-11,14,16H2,1-4H3,(H2,28,29). The van der Waals surface area contributed by atoms with E-state index in [9.17, 15) is 8.42 Å². The minimum atomic E-state index is -3.74. The van der Waals surface area contributed by atoms with E-state index >= 15 is 0 Å². The lowest BCUT2D eigenvalue weighted by molar-refractivity contribution is 0.310. The highest BCUT2D eigenvalue weighted by atomic mass is 32.2. The summed E-state index contributed by atoms with van der Waals surface area (Å²) in [6, 6.07) is 7.51. The molecular formula is C27H34N6O3S. The summed E-state index contributed by atoms with van der Waals surface area (Å²) in [4.78, 5) is 15.8. The number of aromatic nitrogens is 3. The molecule has 0 bridgehead atoms. The number of nitrogens with zero attached hydrogens (tertiary/aromatic N) is 5. The number of nitrogen functional groups attached to an aromatic ring is 1. The highest BCUT2D eigenvalue weighted by Crippen LogP contribution is 2.39. The Labute approximate surface area is 218 Å². The average molecular weight is 523 g/mol. The van der Waals surface area contributed by atoms with Crippen LogP contribution in [0.5, 0.6) is 5.75 Å². The number of ether oxygens (including phenoxy) is 1. The highest BCUT2D eigenvalue weighted by Gasteiger charge is 2.31. The molecular weight excluding hydrogens is 488 g/mol. The second-order valence-corrected chi connectivity index (χ2v) is 12.6. The second-order valence-electron chi connectivity index (χ2n) is 10.6. The number of rotatable bonds is 5. The van der Waals surface area contributed by atoms with Gasteiger partial charge in [0.1, 0.15) is 35.2 Å². The van der Waals surface area contributed by atoms with Crippen molar-refractivity contribution in [1.29, 1.82) is 0 Å². The first-order valence-electron chi connectivity index (χ1n) is 12.6. The molecule has 3 aromatic rings. The van der Waals surface area contributed by atoms with Gasteiger partial charge in [-0.3, -0.25) is 0 Å². The van der Waals surface area contributed by atoms with E-state index in [1.54, 1.807) is 25.5 Å². The molecule has 1 aromatic carbocycles. The lowest BCUT2D eigenvalue weighted by Gasteiger charge is -2.33. The molecule has 3 heterocycles. The van der Waals surface area contributed by atoms with Crippen LogP contribution in [0.2, 0.25) is 0 Å². The van der Waals surface area contributed by atoms with Gasteiger partial charge < -0.3 is 15.4 Å². The molecule has 5 rings (SSSR count). The van der Waals surface area contributed by atoms with Crippen molar-refractivity contribution < 1.29 is 13.2 Å². The van der Waals surface area contributed by atoms with E-state index in [0.29, 0.717) is 31.8 Å². The molecule has 0 saturated heterocycles. The van der Waals surface area contributed by atoms with Crippen molar-refractivity contribution in [3.63, 3.8) is 0 Å². The Hall–Kier alpha value is -3.24. The lowest BCUT2D eigenvalue weighted by Crippen LogP contribution is -2.31. The van der Waals surface area contributed by atoms with Crippen LogP contribution in [0.25, 0.3) is 11.1 Å². The third-order valence-corrected chi connectivity index (χ3v) is 9.36. The fourth-order valence-corrected chi connectivity index (χ4v) is 6.31. The van der Waals surface area contributed by atoms with Crippen molar-refractivity contribution in [2.24, 2.45) is 5.41 Å². The minimum Gasteiger partial charge on any atom is -0.491 e. The molecule has 0 fully saturated rings. The maximum atomic E-state index is 13.0. The fourth-order valence-electron chi connectivity index (χ4n) is 5.04. The Morgan fingerprint density at radius 3 is 2.76 bits per heavy atom. The first kappa shape index (κ1) is 25.4. The minimum absolute atomic E-state index is 0.00946. The third kappa shape index (κ3) is 4.87.